The predicted octanol–water partition coefficient (Wildman–Crippen LogP) is 4.39. The maximum absolute atomic E-state index is 13.8. The standard InChI is InChI=1S/C16H27FN2/c1-3-4-5-6-7-8-9-16(19-18)14-12-13(2)10-11-15(14)17/h10-12,16,19H,3-9,18H2,1-2H3. The van der Waals surface area contributed by atoms with Crippen molar-refractivity contribution in [1.82, 2.24) is 5.43 Å². The molecule has 0 radical (unpaired) electrons. The molecule has 0 saturated carbocycles. The number of rotatable bonds is 9. The number of aryl methyl sites for hydroxylation is 1. The molecule has 0 heterocycles. The molecule has 1 unspecified atom stereocenters. The first-order chi connectivity index (χ1) is 9.19. The lowest BCUT2D eigenvalue weighted by Gasteiger charge is -2.17. The molecule has 0 saturated heterocycles. The first-order valence-corrected chi connectivity index (χ1v) is 7.41. The normalized spacial score (nSPS) is 12.6. The molecule has 0 aliphatic heterocycles. The van der Waals surface area contributed by atoms with E-state index in [0.29, 0.717) is 5.56 Å². The van der Waals surface area contributed by atoms with Gasteiger partial charge in [-0.25, -0.2) is 4.39 Å². The highest BCUT2D eigenvalue weighted by molar-refractivity contribution is 5.26. The number of hydrogen-bond acceptors (Lipinski definition) is 2. The van der Waals surface area contributed by atoms with Crippen molar-refractivity contribution in [3.05, 3.63) is 35.1 Å². The highest BCUT2D eigenvalue weighted by atomic mass is 19.1. The molecule has 0 fully saturated rings. The summed E-state index contributed by atoms with van der Waals surface area (Å²) in [4.78, 5) is 0. The summed E-state index contributed by atoms with van der Waals surface area (Å²) in [6.45, 7) is 4.19. The van der Waals surface area contributed by atoms with Gasteiger partial charge in [-0.2, -0.15) is 0 Å². The summed E-state index contributed by atoms with van der Waals surface area (Å²) in [6.07, 6.45) is 8.32. The minimum atomic E-state index is -0.167. The SMILES string of the molecule is CCCCCCCCC(NN)c1cc(C)ccc1F. The van der Waals surface area contributed by atoms with Gasteiger partial charge >= 0.3 is 0 Å². The molecule has 3 heteroatoms. The van der Waals surface area contributed by atoms with Crippen LogP contribution >= 0.6 is 0 Å². The summed E-state index contributed by atoms with van der Waals surface area (Å²) < 4.78 is 13.8. The molecule has 0 bridgehead atoms. The number of nitrogens with one attached hydrogen (secondary N) is 1. The van der Waals surface area contributed by atoms with E-state index < -0.39 is 0 Å². The van der Waals surface area contributed by atoms with Crippen molar-refractivity contribution in [3.63, 3.8) is 0 Å². The third kappa shape index (κ3) is 5.70. The Kier molecular flexibility index (Phi) is 7.68. The lowest BCUT2D eigenvalue weighted by atomic mass is 9.98. The van der Waals surface area contributed by atoms with Gasteiger partial charge in [0.1, 0.15) is 5.82 Å². The molecule has 2 nitrogen and oxygen atoms in total. The van der Waals surface area contributed by atoms with Gasteiger partial charge in [-0.15, -0.1) is 0 Å². The molecule has 0 aliphatic carbocycles. The van der Waals surface area contributed by atoms with Gasteiger partial charge < -0.3 is 0 Å². The van der Waals surface area contributed by atoms with Gasteiger partial charge in [-0.3, -0.25) is 11.3 Å². The average molecular weight is 266 g/mol. The van der Waals surface area contributed by atoms with Gasteiger partial charge in [-0.1, -0.05) is 63.1 Å². The fraction of sp³-hybridized carbons (Fsp3) is 0.625. The largest absolute Gasteiger partial charge is 0.271 e. The maximum atomic E-state index is 13.8. The van der Waals surface area contributed by atoms with Gasteiger partial charge in [0.2, 0.25) is 0 Å². The van der Waals surface area contributed by atoms with E-state index in [1.165, 1.54) is 38.2 Å². The van der Waals surface area contributed by atoms with E-state index in [1.54, 1.807) is 6.07 Å². The van der Waals surface area contributed by atoms with Crippen LogP contribution in [0.25, 0.3) is 0 Å². The third-order valence-corrected chi connectivity index (χ3v) is 3.57. The monoisotopic (exact) mass is 266 g/mol. The molecule has 0 amide bonds. The van der Waals surface area contributed by atoms with Gasteiger partial charge in [0.15, 0.2) is 0 Å². The Bertz CT molecular complexity index is 366. The molecule has 1 aromatic rings. The van der Waals surface area contributed by atoms with Crippen LogP contribution in [-0.2, 0) is 0 Å². The number of nitrogens with two attached hydrogens (primary N) is 1. The van der Waals surface area contributed by atoms with Crippen molar-refractivity contribution in [3.8, 4) is 0 Å². The minimum Gasteiger partial charge on any atom is -0.271 e. The lowest BCUT2D eigenvalue weighted by Crippen LogP contribution is -2.28. The van der Waals surface area contributed by atoms with Crippen molar-refractivity contribution >= 4 is 0 Å². The van der Waals surface area contributed by atoms with Crippen molar-refractivity contribution in [2.75, 3.05) is 0 Å². The molecule has 3 N–H and O–H groups in total. The molecule has 1 aromatic carbocycles. The number of halogens is 1. The quantitative estimate of drug-likeness (QED) is 0.395. The van der Waals surface area contributed by atoms with Crippen molar-refractivity contribution < 1.29 is 4.39 Å². The maximum Gasteiger partial charge on any atom is 0.128 e. The summed E-state index contributed by atoms with van der Waals surface area (Å²) in [5, 5.41) is 0. The van der Waals surface area contributed by atoms with E-state index >= 15 is 0 Å². The molecule has 0 aromatic heterocycles. The van der Waals surface area contributed by atoms with E-state index in [0.717, 1.165) is 18.4 Å². The first kappa shape index (κ1) is 16.1. The Morgan fingerprint density at radius 1 is 1.16 bits per heavy atom. The van der Waals surface area contributed by atoms with Crippen LogP contribution in [0, 0.1) is 12.7 Å². The molecule has 1 rings (SSSR count). The zero-order chi connectivity index (χ0) is 14.1. The molecular formula is C16H27FN2. The fourth-order valence-electron chi connectivity index (χ4n) is 2.39. The molecule has 1 atom stereocenters. The second kappa shape index (κ2) is 9.05. The molecular weight excluding hydrogens is 239 g/mol. The fourth-order valence-corrected chi connectivity index (χ4v) is 2.39. The van der Waals surface area contributed by atoms with E-state index in [1.807, 2.05) is 13.0 Å². The van der Waals surface area contributed by atoms with E-state index in [4.69, 9.17) is 5.84 Å². The van der Waals surface area contributed by atoms with Crippen LogP contribution in [0.4, 0.5) is 4.39 Å². The van der Waals surface area contributed by atoms with E-state index in [-0.39, 0.29) is 11.9 Å². The van der Waals surface area contributed by atoms with Crippen LogP contribution in [0.15, 0.2) is 18.2 Å². The Morgan fingerprint density at radius 3 is 2.53 bits per heavy atom. The number of hydrazine groups is 1. The smallest absolute Gasteiger partial charge is 0.128 e. The van der Waals surface area contributed by atoms with Crippen molar-refractivity contribution in [2.24, 2.45) is 5.84 Å². The Morgan fingerprint density at radius 2 is 1.84 bits per heavy atom. The summed E-state index contributed by atoms with van der Waals surface area (Å²) in [6, 6.07) is 5.12. The van der Waals surface area contributed by atoms with Crippen LogP contribution < -0.4 is 11.3 Å². The first-order valence-electron chi connectivity index (χ1n) is 7.41. The van der Waals surface area contributed by atoms with Crippen LogP contribution in [0.1, 0.15) is 69.0 Å². The zero-order valence-corrected chi connectivity index (χ0v) is 12.2. The lowest BCUT2D eigenvalue weighted by molar-refractivity contribution is 0.457. The Labute approximate surface area is 116 Å². The second-order valence-electron chi connectivity index (χ2n) is 5.30. The number of unbranched alkanes of at least 4 members (excludes halogenated alkanes) is 5. The summed E-state index contributed by atoms with van der Waals surface area (Å²) in [7, 11) is 0. The van der Waals surface area contributed by atoms with E-state index in [9.17, 15) is 4.39 Å². The van der Waals surface area contributed by atoms with Crippen LogP contribution in [0.3, 0.4) is 0 Å². The van der Waals surface area contributed by atoms with Gasteiger partial charge in [0.25, 0.3) is 0 Å². The van der Waals surface area contributed by atoms with Crippen molar-refractivity contribution in [1.29, 1.82) is 0 Å². The average Bonchev–Trinajstić information content (AvgIpc) is 2.41. The van der Waals surface area contributed by atoms with Gasteiger partial charge in [0.05, 0.1) is 0 Å². The highest BCUT2D eigenvalue weighted by Crippen LogP contribution is 2.23. The van der Waals surface area contributed by atoms with Crippen LogP contribution in [-0.4, -0.2) is 0 Å². The van der Waals surface area contributed by atoms with Crippen molar-refractivity contribution in [2.45, 2.75) is 64.8 Å². The molecule has 19 heavy (non-hydrogen) atoms. The van der Waals surface area contributed by atoms with E-state index in [2.05, 4.69) is 12.3 Å². The predicted molar refractivity (Wildman–Crippen MR) is 79.2 cm³/mol. The van der Waals surface area contributed by atoms with Crippen LogP contribution in [0.5, 0.6) is 0 Å². The zero-order valence-electron chi connectivity index (χ0n) is 12.2. The van der Waals surface area contributed by atoms with Gasteiger partial charge in [0, 0.05) is 11.6 Å². The summed E-state index contributed by atoms with van der Waals surface area (Å²) in [5.41, 5.74) is 4.51. The van der Waals surface area contributed by atoms with Gasteiger partial charge in [-0.05, 0) is 19.4 Å². The Hall–Kier alpha value is -0.930. The minimum absolute atomic E-state index is 0.0777. The topological polar surface area (TPSA) is 38.0 Å². The number of benzene rings is 1. The summed E-state index contributed by atoms with van der Waals surface area (Å²) >= 11 is 0. The molecule has 108 valence electrons. The number of hydrogen-bond donors (Lipinski definition) is 2. The molecule has 0 spiro atoms. The second-order valence-corrected chi connectivity index (χ2v) is 5.30. The summed E-state index contributed by atoms with van der Waals surface area (Å²) in [5.74, 6) is 5.40. The Balaban J connectivity index is 2.42. The highest BCUT2D eigenvalue weighted by Gasteiger charge is 2.14. The molecule has 0 aliphatic rings. The third-order valence-electron chi connectivity index (χ3n) is 3.57. The van der Waals surface area contributed by atoms with Crippen LogP contribution in [0.2, 0.25) is 0 Å².